The fourth-order valence-corrected chi connectivity index (χ4v) is 2.29. The van der Waals surface area contributed by atoms with Gasteiger partial charge in [0.1, 0.15) is 5.75 Å². The van der Waals surface area contributed by atoms with E-state index in [9.17, 15) is 8.78 Å². The molecule has 20 heavy (non-hydrogen) atoms. The molecule has 0 aliphatic carbocycles. The molecule has 1 rings (SSSR count). The van der Waals surface area contributed by atoms with E-state index in [0.29, 0.717) is 12.1 Å². The van der Waals surface area contributed by atoms with Crippen molar-refractivity contribution >= 4 is 0 Å². The zero-order valence-corrected chi connectivity index (χ0v) is 12.2. The van der Waals surface area contributed by atoms with Crippen LogP contribution >= 0.6 is 0 Å². The first kappa shape index (κ1) is 16.9. The molecular formula is C15H24F2N2O. The van der Waals surface area contributed by atoms with E-state index in [1.807, 2.05) is 0 Å². The van der Waals surface area contributed by atoms with Crippen LogP contribution in [-0.2, 0) is 0 Å². The van der Waals surface area contributed by atoms with E-state index in [0.717, 1.165) is 25.9 Å². The second-order valence-electron chi connectivity index (χ2n) is 4.82. The van der Waals surface area contributed by atoms with E-state index in [1.54, 1.807) is 18.2 Å². The van der Waals surface area contributed by atoms with Crippen LogP contribution in [0.4, 0.5) is 8.78 Å². The Morgan fingerprint density at radius 3 is 2.30 bits per heavy atom. The van der Waals surface area contributed by atoms with Gasteiger partial charge >= 0.3 is 6.61 Å². The summed E-state index contributed by atoms with van der Waals surface area (Å²) in [6.07, 6.45) is 2.09. The van der Waals surface area contributed by atoms with Crippen molar-refractivity contribution in [3.8, 4) is 5.75 Å². The lowest BCUT2D eigenvalue weighted by Gasteiger charge is -2.25. The molecule has 3 nitrogen and oxygen atoms in total. The van der Waals surface area contributed by atoms with Crippen molar-refractivity contribution < 1.29 is 13.5 Å². The summed E-state index contributed by atoms with van der Waals surface area (Å²) in [6.45, 7) is 3.96. The van der Waals surface area contributed by atoms with Gasteiger partial charge in [0, 0.05) is 18.2 Å². The van der Waals surface area contributed by atoms with Gasteiger partial charge in [-0.1, -0.05) is 32.0 Å². The minimum Gasteiger partial charge on any atom is -0.434 e. The molecule has 1 atom stereocenters. The lowest BCUT2D eigenvalue weighted by molar-refractivity contribution is -0.0506. The van der Waals surface area contributed by atoms with Crippen molar-refractivity contribution in [1.82, 2.24) is 4.90 Å². The summed E-state index contributed by atoms with van der Waals surface area (Å²) in [5.74, 6) is 0.169. The van der Waals surface area contributed by atoms with Crippen LogP contribution in [0.5, 0.6) is 5.75 Å². The Kier molecular flexibility index (Phi) is 7.47. The molecule has 2 N–H and O–H groups in total. The average molecular weight is 286 g/mol. The summed E-state index contributed by atoms with van der Waals surface area (Å²) in [6, 6.07) is 6.41. The molecule has 0 amide bonds. The van der Waals surface area contributed by atoms with Crippen molar-refractivity contribution in [3.05, 3.63) is 29.8 Å². The van der Waals surface area contributed by atoms with Gasteiger partial charge in [0.05, 0.1) is 0 Å². The third-order valence-electron chi connectivity index (χ3n) is 3.07. The standard InChI is InChI=1S/C15H24F2N2O/c1-3-9-19(10-4-2)11-13(18)12-7-5-6-8-14(12)20-15(16)17/h5-8,13,15H,3-4,9-11,18H2,1-2H3. The molecule has 0 heterocycles. The van der Waals surface area contributed by atoms with Gasteiger partial charge in [-0.3, -0.25) is 0 Å². The third kappa shape index (κ3) is 5.43. The second-order valence-corrected chi connectivity index (χ2v) is 4.82. The Morgan fingerprint density at radius 2 is 1.75 bits per heavy atom. The molecule has 0 bridgehead atoms. The molecule has 0 radical (unpaired) electrons. The van der Waals surface area contributed by atoms with Gasteiger partial charge in [0.15, 0.2) is 0 Å². The van der Waals surface area contributed by atoms with Gasteiger partial charge in [0.25, 0.3) is 0 Å². The highest BCUT2D eigenvalue weighted by molar-refractivity contribution is 5.36. The topological polar surface area (TPSA) is 38.5 Å². The number of benzene rings is 1. The van der Waals surface area contributed by atoms with Crippen molar-refractivity contribution in [2.75, 3.05) is 19.6 Å². The molecule has 0 aliphatic rings. The van der Waals surface area contributed by atoms with E-state index in [-0.39, 0.29) is 11.8 Å². The van der Waals surface area contributed by atoms with E-state index < -0.39 is 6.61 Å². The molecule has 0 aliphatic heterocycles. The molecule has 0 fully saturated rings. The van der Waals surface area contributed by atoms with Crippen LogP contribution in [0.25, 0.3) is 0 Å². The maximum atomic E-state index is 12.4. The highest BCUT2D eigenvalue weighted by Crippen LogP contribution is 2.25. The Labute approximate surface area is 119 Å². The molecular weight excluding hydrogens is 262 g/mol. The zero-order valence-electron chi connectivity index (χ0n) is 12.2. The molecule has 1 aromatic carbocycles. The molecule has 0 spiro atoms. The van der Waals surface area contributed by atoms with Gasteiger partial charge in [-0.15, -0.1) is 0 Å². The van der Waals surface area contributed by atoms with Crippen molar-refractivity contribution in [2.24, 2.45) is 5.73 Å². The molecule has 0 aromatic heterocycles. The summed E-state index contributed by atoms with van der Waals surface area (Å²) in [4.78, 5) is 2.25. The molecule has 5 heteroatoms. The Hall–Kier alpha value is -1.20. The zero-order chi connectivity index (χ0) is 15.0. The lowest BCUT2D eigenvalue weighted by atomic mass is 10.1. The monoisotopic (exact) mass is 286 g/mol. The predicted octanol–water partition coefficient (Wildman–Crippen LogP) is 3.41. The summed E-state index contributed by atoms with van der Waals surface area (Å²) < 4.78 is 29.3. The van der Waals surface area contributed by atoms with E-state index in [4.69, 9.17) is 5.73 Å². The Balaban J connectivity index is 2.77. The maximum absolute atomic E-state index is 12.4. The van der Waals surface area contributed by atoms with Gasteiger partial charge in [0.2, 0.25) is 0 Å². The first-order valence-electron chi connectivity index (χ1n) is 7.10. The van der Waals surface area contributed by atoms with Gasteiger partial charge < -0.3 is 15.4 Å². The largest absolute Gasteiger partial charge is 0.434 e. The van der Waals surface area contributed by atoms with Crippen LogP contribution in [0, 0.1) is 0 Å². The summed E-state index contributed by atoms with van der Waals surface area (Å²) in [5.41, 5.74) is 6.80. The Bertz CT molecular complexity index is 382. The van der Waals surface area contributed by atoms with E-state index in [2.05, 4.69) is 23.5 Å². The third-order valence-corrected chi connectivity index (χ3v) is 3.07. The molecule has 0 saturated carbocycles. The summed E-state index contributed by atoms with van der Waals surface area (Å²) in [5, 5.41) is 0. The molecule has 114 valence electrons. The van der Waals surface area contributed by atoms with Crippen LogP contribution in [-0.4, -0.2) is 31.1 Å². The van der Waals surface area contributed by atoms with Gasteiger partial charge in [-0.2, -0.15) is 8.78 Å². The highest BCUT2D eigenvalue weighted by atomic mass is 19.3. The molecule has 1 aromatic rings. The van der Waals surface area contributed by atoms with Crippen LogP contribution in [0.2, 0.25) is 0 Å². The highest BCUT2D eigenvalue weighted by Gasteiger charge is 2.17. The minimum absolute atomic E-state index is 0.169. The number of hydrogen-bond acceptors (Lipinski definition) is 3. The number of alkyl halides is 2. The molecule has 0 saturated heterocycles. The van der Waals surface area contributed by atoms with Crippen molar-refractivity contribution in [3.63, 3.8) is 0 Å². The van der Waals surface area contributed by atoms with Crippen LogP contribution < -0.4 is 10.5 Å². The van der Waals surface area contributed by atoms with Gasteiger partial charge in [-0.05, 0) is 32.0 Å². The minimum atomic E-state index is -2.83. The Morgan fingerprint density at radius 1 is 1.15 bits per heavy atom. The van der Waals surface area contributed by atoms with E-state index in [1.165, 1.54) is 6.07 Å². The first-order valence-corrected chi connectivity index (χ1v) is 7.10. The maximum Gasteiger partial charge on any atom is 0.387 e. The fourth-order valence-electron chi connectivity index (χ4n) is 2.29. The predicted molar refractivity (Wildman–Crippen MR) is 77.0 cm³/mol. The van der Waals surface area contributed by atoms with E-state index >= 15 is 0 Å². The fraction of sp³-hybridized carbons (Fsp3) is 0.600. The number of ether oxygens (including phenoxy) is 1. The summed E-state index contributed by atoms with van der Waals surface area (Å²) >= 11 is 0. The van der Waals surface area contributed by atoms with Crippen molar-refractivity contribution in [1.29, 1.82) is 0 Å². The number of para-hydroxylation sites is 1. The second kappa shape index (κ2) is 8.87. The smallest absolute Gasteiger partial charge is 0.387 e. The first-order chi connectivity index (χ1) is 9.58. The molecule has 1 unspecified atom stereocenters. The number of hydrogen-bond donors (Lipinski definition) is 1. The van der Waals surface area contributed by atoms with Crippen molar-refractivity contribution in [2.45, 2.75) is 39.3 Å². The lowest BCUT2D eigenvalue weighted by Crippen LogP contribution is -2.33. The van der Waals surface area contributed by atoms with Crippen LogP contribution in [0.1, 0.15) is 38.3 Å². The number of nitrogens with zero attached hydrogens (tertiary/aromatic N) is 1. The van der Waals surface area contributed by atoms with Gasteiger partial charge in [-0.25, -0.2) is 0 Å². The van der Waals surface area contributed by atoms with Crippen LogP contribution in [0.15, 0.2) is 24.3 Å². The summed E-state index contributed by atoms with van der Waals surface area (Å²) in [7, 11) is 0. The SMILES string of the molecule is CCCN(CCC)CC(N)c1ccccc1OC(F)F. The number of rotatable bonds is 9. The van der Waals surface area contributed by atoms with Crippen LogP contribution in [0.3, 0.4) is 0 Å². The number of nitrogens with two attached hydrogens (primary N) is 1. The average Bonchev–Trinajstić information content (AvgIpc) is 2.39. The normalized spacial score (nSPS) is 12.9. The quantitative estimate of drug-likeness (QED) is 0.756. The number of halogens is 2.